The fourth-order valence-electron chi connectivity index (χ4n) is 1.11. The average Bonchev–Trinajstić information content (AvgIpc) is 2.26. The molecule has 0 spiro atoms. The van der Waals surface area contributed by atoms with E-state index in [0.717, 1.165) is 0 Å². The van der Waals surface area contributed by atoms with Gasteiger partial charge in [0.25, 0.3) is 0 Å². The van der Waals surface area contributed by atoms with Gasteiger partial charge in [-0.2, -0.15) is 0 Å². The zero-order chi connectivity index (χ0) is 8.32. The largest absolute Gasteiger partial charge is 0.320 e. The van der Waals surface area contributed by atoms with E-state index in [1.54, 1.807) is 0 Å². The maximum Gasteiger partial charge on any atom is 0.151 e. The van der Waals surface area contributed by atoms with Gasteiger partial charge in [0.15, 0.2) is 9.84 Å². The molecule has 0 aliphatic carbocycles. The summed E-state index contributed by atoms with van der Waals surface area (Å²) in [5.41, 5.74) is 5.15. The standard InChI is InChI=1S/C7H11NO2S/c8-4-1-2-7-3-5-11(9,10)6-7/h7H,3-6,8H2. The highest BCUT2D eigenvalue weighted by atomic mass is 32.2. The summed E-state index contributed by atoms with van der Waals surface area (Å²) < 4.78 is 21.8. The molecular formula is C7H11NO2S. The Morgan fingerprint density at radius 3 is 2.73 bits per heavy atom. The van der Waals surface area contributed by atoms with Gasteiger partial charge in [0.05, 0.1) is 18.1 Å². The van der Waals surface area contributed by atoms with Crippen LogP contribution < -0.4 is 5.73 Å². The van der Waals surface area contributed by atoms with Gasteiger partial charge < -0.3 is 5.73 Å². The van der Waals surface area contributed by atoms with Gasteiger partial charge in [0.2, 0.25) is 0 Å². The van der Waals surface area contributed by atoms with E-state index in [4.69, 9.17) is 5.73 Å². The fraction of sp³-hybridized carbons (Fsp3) is 0.714. The van der Waals surface area contributed by atoms with Crippen LogP contribution >= 0.6 is 0 Å². The third-order valence-corrected chi connectivity index (χ3v) is 3.41. The second kappa shape index (κ2) is 3.24. The molecular weight excluding hydrogens is 162 g/mol. The van der Waals surface area contributed by atoms with Crippen molar-refractivity contribution in [3.05, 3.63) is 0 Å². The van der Waals surface area contributed by atoms with E-state index in [9.17, 15) is 8.42 Å². The monoisotopic (exact) mass is 173 g/mol. The van der Waals surface area contributed by atoms with Crippen LogP contribution in [0, 0.1) is 17.8 Å². The predicted octanol–water partition coefficient (Wildman–Crippen LogP) is -0.617. The van der Waals surface area contributed by atoms with Gasteiger partial charge in [-0.25, -0.2) is 8.42 Å². The van der Waals surface area contributed by atoms with E-state index in [2.05, 4.69) is 11.8 Å². The Labute approximate surface area is 66.9 Å². The smallest absolute Gasteiger partial charge is 0.151 e. The quantitative estimate of drug-likeness (QED) is 0.497. The predicted molar refractivity (Wildman–Crippen MR) is 43.6 cm³/mol. The second-order valence-corrected chi connectivity index (χ2v) is 4.85. The lowest BCUT2D eigenvalue weighted by molar-refractivity contribution is 0.601. The molecule has 2 N–H and O–H groups in total. The van der Waals surface area contributed by atoms with Crippen LogP contribution in [0.4, 0.5) is 0 Å². The molecule has 0 amide bonds. The Bertz CT molecular complexity index is 283. The van der Waals surface area contributed by atoms with Crippen molar-refractivity contribution in [3.8, 4) is 11.8 Å². The summed E-state index contributed by atoms with van der Waals surface area (Å²) in [7, 11) is -2.77. The zero-order valence-corrected chi connectivity index (χ0v) is 7.02. The van der Waals surface area contributed by atoms with Gasteiger partial charge in [0, 0.05) is 5.92 Å². The van der Waals surface area contributed by atoms with Crippen LogP contribution in [0.15, 0.2) is 0 Å². The highest BCUT2D eigenvalue weighted by Crippen LogP contribution is 2.16. The number of hydrogen-bond donors (Lipinski definition) is 1. The SMILES string of the molecule is NCC#CC1CCS(=O)(=O)C1. The van der Waals surface area contributed by atoms with Crippen LogP contribution in [0.1, 0.15) is 6.42 Å². The number of rotatable bonds is 0. The zero-order valence-electron chi connectivity index (χ0n) is 6.21. The molecule has 0 aromatic carbocycles. The molecule has 0 aromatic rings. The molecule has 1 heterocycles. The van der Waals surface area contributed by atoms with Gasteiger partial charge in [-0.3, -0.25) is 0 Å². The minimum Gasteiger partial charge on any atom is -0.320 e. The molecule has 1 aliphatic heterocycles. The summed E-state index contributed by atoms with van der Waals surface area (Å²) in [4.78, 5) is 0. The van der Waals surface area contributed by atoms with Gasteiger partial charge in [0.1, 0.15) is 0 Å². The van der Waals surface area contributed by atoms with Crippen molar-refractivity contribution < 1.29 is 8.42 Å². The lowest BCUT2D eigenvalue weighted by atomic mass is 10.1. The molecule has 0 saturated carbocycles. The lowest BCUT2D eigenvalue weighted by Crippen LogP contribution is -2.03. The van der Waals surface area contributed by atoms with Crippen LogP contribution in [0.2, 0.25) is 0 Å². The van der Waals surface area contributed by atoms with Crippen LogP contribution in [0.5, 0.6) is 0 Å². The van der Waals surface area contributed by atoms with E-state index in [1.807, 2.05) is 0 Å². The minimum atomic E-state index is -2.77. The van der Waals surface area contributed by atoms with Crippen molar-refractivity contribution in [3.63, 3.8) is 0 Å². The van der Waals surface area contributed by atoms with Gasteiger partial charge in [-0.05, 0) is 6.42 Å². The van der Waals surface area contributed by atoms with Crippen molar-refractivity contribution in [1.82, 2.24) is 0 Å². The molecule has 0 radical (unpaired) electrons. The molecule has 4 heteroatoms. The highest BCUT2D eigenvalue weighted by Gasteiger charge is 2.25. The molecule has 1 fully saturated rings. The average molecular weight is 173 g/mol. The number of nitrogens with two attached hydrogens (primary N) is 1. The summed E-state index contributed by atoms with van der Waals surface area (Å²) >= 11 is 0. The fourth-order valence-corrected chi connectivity index (χ4v) is 2.79. The third-order valence-electron chi connectivity index (χ3n) is 1.64. The van der Waals surface area contributed by atoms with Crippen LogP contribution in [-0.4, -0.2) is 26.5 Å². The van der Waals surface area contributed by atoms with Crippen molar-refractivity contribution in [2.45, 2.75) is 6.42 Å². The molecule has 11 heavy (non-hydrogen) atoms. The van der Waals surface area contributed by atoms with Gasteiger partial charge in [-0.1, -0.05) is 11.8 Å². The summed E-state index contributed by atoms with van der Waals surface area (Å²) in [6, 6.07) is 0. The Hall–Kier alpha value is -0.530. The Kier molecular flexibility index (Phi) is 2.53. The molecule has 1 rings (SSSR count). The van der Waals surface area contributed by atoms with Crippen LogP contribution in [0.25, 0.3) is 0 Å². The maximum atomic E-state index is 10.9. The first-order valence-corrected chi connectivity index (χ1v) is 5.35. The van der Waals surface area contributed by atoms with Crippen molar-refractivity contribution in [1.29, 1.82) is 0 Å². The number of sulfone groups is 1. The van der Waals surface area contributed by atoms with Crippen LogP contribution in [0.3, 0.4) is 0 Å². The maximum absolute atomic E-state index is 10.9. The second-order valence-electron chi connectivity index (χ2n) is 2.63. The van der Waals surface area contributed by atoms with E-state index in [-0.39, 0.29) is 17.4 Å². The van der Waals surface area contributed by atoms with Crippen molar-refractivity contribution in [2.24, 2.45) is 11.7 Å². The molecule has 1 atom stereocenters. The first kappa shape index (κ1) is 8.57. The highest BCUT2D eigenvalue weighted by molar-refractivity contribution is 7.91. The Morgan fingerprint density at radius 1 is 1.55 bits per heavy atom. The summed E-state index contributed by atoms with van der Waals surface area (Å²) in [5, 5.41) is 0. The minimum absolute atomic E-state index is 0.0311. The van der Waals surface area contributed by atoms with E-state index in [1.165, 1.54) is 0 Å². The van der Waals surface area contributed by atoms with Gasteiger partial charge >= 0.3 is 0 Å². The normalized spacial score (nSPS) is 27.5. The first-order chi connectivity index (χ1) is 5.14. The third kappa shape index (κ3) is 2.52. The summed E-state index contributed by atoms with van der Waals surface area (Å²) in [5.74, 6) is 6.07. The molecule has 1 aliphatic rings. The molecule has 1 saturated heterocycles. The lowest BCUT2D eigenvalue weighted by Gasteiger charge is -1.92. The molecule has 0 bridgehead atoms. The molecule has 62 valence electrons. The van der Waals surface area contributed by atoms with E-state index in [0.29, 0.717) is 13.0 Å². The molecule has 0 aromatic heterocycles. The van der Waals surface area contributed by atoms with Crippen molar-refractivity contribution in [2.75, 3.05) is 18.1 Å². The summed E-state index contributed by atoms with van der Waals surface area (Å²) in [6.07, 6.45) is 0.676. The van der Waals surface area contributed by atoms with E-state index >= 15 is 0 Å². The van der Waals surface area contributed by atoms with Gasteiger partial charge in [-0.15, -0.1) is 0 Å². The van der Waals surface area contributed by atoms with Crippen LogP contribution in [-0.2, 0) is 9.84 Å². The number of hydrogen-bond acceptors (Lipinski definition) is 3. The van der Waals surface area contributed by atoms with Crippen molar-refractivity contribution >= 4 is 9.84 Å². The Balaban J connectivity index is 2.56. The Morgan fingerprint density at radius 2 is 2.27 bits per heavy atom. The topological polar surface area (TPSA) is 60.2 Å². The molecule has 3 nitrogen and oxygen atoms in total. The van der Waals surface area contributed by atoms with E-state index < -0.39 is 9.84 Å². The summed E-state index contributed by atoms with van der Waals surface area (Å²) in [6.45, 7) is 0.316. The first-order valence-electron chi connectivity index (χ1n) is 3.53. The molecule has 1 unspecified atom stereocenters.